The molecular weight excluding hydrogens is 388 g/mol. The maximum atomic E-state index is 12.8. The summed E-state index contributed by atoms with van der Waals surface area (Å²) in [6.07, 6.45) is 1.56. The van der Waals surface area contributed by atoms with E-state index in [0.29, 0.717) is 22.1 Å². The van der Waals surface area contributed by atoms with Gasteiger partial charge in [-0.05, 0) is 48.5 Å². The molecule has 0 atom stereocenters. The van der Waals surface area contributed by atoms with E-state index in [1.165, 1.54) is 0 Å². The number of hydrogen-bond acceptors (Lipinski definition) is 4. The number of imidazole rings is 1. The number of amides is 1. The number of nitrogens with one attached hydrogen (secondary N) is 1. The van der Waals surface area contributed by atoms with Crippen LogP contribution < -0.4 is 5.32 Å². The van der Waals surface area contributed by atoms with Gasteiger partial charge in [0.1, 0.15) is 11.5 Å². The summed E-state index contributed by atoms with van der Waals surface area (Å²) in [6.45, 7) is 0.287. The van der Waals surface area contributed by atoms with Crippen molar-refractivity contribution in [3.05, 3.63) is 95.0 Å². The van der Waals surface area contributed by atoms with Crippen molar-refractivity contribution in [1.82, 2.24) is 19.9 Å². The number of benzene rings is 2. The Morgan fingerprint density at radius 1 is 0.966 bits per heavy atom. The quantitative estimate of drug-likeness (QED) is 0.494. The Kier molecular flexibility index (Phi) is 5.35. The lowest BCUT2D eigenvalue weighted by molar-refractivity contribution is 0.0944. The number of carbonyl (C=O) groups excluding carboxylic acids is 2. The molecule has 29 heavy (non-hydrogen) atoms. The predicted molar refractivity (Wildman–Crippen MR) is 111 cm³/mol. The summed E-state index contributed by atoms with van der Waals surface area (Å²) in [6, 6.07) is 19.5. The molecule has 4 aromatic rings. The molecule has 0 aliphatic rings. The van der Waals surface area contributed by atoms with E-state index in [2.05, 4.69) is 15.3 Å². The number of para-hydroxylation sites is 2. The summed E-state index contributed by atoms with van der Waals surface area (Å²) in [7, 11) is 0. The number of carbonyl (C=O) groups is 2. The van der Waals surface area contributed by atoms with Gasteiger partial charge in [-0.25, -0.2) is 4.98 Å². The third kappa shape index (κ3) is 4.17. The Morgan fingerprint density at radius 3 is 2.48 bits per heavy atom. The van der Waals surface area contributed by atoms with Crippen molar-refractivity contribution < 1.29 is 9.59 Å². The SMILES string of the molecule is O=C(Cn1c(CNC(=O)c2ccccn2)nc2ccccc21)c1ccc(Cl)cc1. The van der Waals surface area contributed by atoms with Gasteiger partial charge >= 0.3 is 0 Å². The van der Waals surface area contributed by atoms with Crippen molar-refractivity contribution in [1.29, 1.82) is 0 Å². The number of ketones is 1. The summed E-state index contributed by atoms with van der Waals surface area (Å²) >= 11 is 5.91. The van der Waals surface area contributed by atoms with E-state index >= 15 is 0 Å². The highest BCUT2D eigenvalue weighted by molar-refractivity contribution is 6.30. The van der Waals surface area contributed by atoms with Crippen molar-refractivity contribution in [2.24, 2.45) is 0 Å². The van der Waals surface area contributed by atoms with Crippen LogP contribution in [0.5, 0.6) is 0 Å². The van der Waals surface area contributed by atoms with Gasteiger partial charge in [0.05, 0.1) is 24.1 Å². The van der Waals surface area contributed by atoms with Gasteiger partial charge in [0.25, 0.3) is 5.91 Å². The van der Waals surface area contributed by atoms with Gasteiger partial charge in [-0.15, -0.1) is 0 Å². The molecule has 1 N–H and O–H groups in total. The molecule has 0 fully saturated rings. The van der Waals surface area contributed by atoms with Crippen molar-refractivity contribution in [2.45, 2.75) is 13.1 Å². The molecule has 2 aromatic heterocycles. The Morgan fingerprint density at radius 2 is 1.72 bits per heavy atom. The summed E-state index contributed by atoms with van der Waals surface area (Å²) in [5, 5.41) is 3.40. The third-order valence-corrected chi connectivity index (χ3v) is 4.76. The lowest BCUT2D eigenvalue weighted by atomic mass is 10.1. The normalized spacial score (nSPS) is 10.8. The van der Waals surface area contributed by atoms with Crippen LogP contribution in [-0.4, -0.2) is 26.2 Å². The monoisotopic (exact) mass is 404 g/mol. The number of aromatic nitrogens is 3. The molecule has 7 heteroatoms. The second-order valence-electron chi connectivity index (χ2n) is 6.43. The molecule has 0 unspecified atom stereocenters. The number of Topliss-reactive ketones (excluding diaryl/α,β-unsaturated/α-hetero) is 1. The Labute approximate surface area is 172 Å². The number of rotatable bonds is 6. The molecule has 0 radical (unpaired) electrons. The molecule has 4 rings (SSSR count). The molecule has 0 saturated heterocycles. The smallest absolute Gasteiger partial charge is 0.270 e. The average molecular weight is 405 g/mol. The van der Waals surface area contributed by atoms with Crippen LogP contribution in [0.1, 0.15) is 26.7 Å². The van der Waals surface area contributed by atoms with Crippen LogP contribution in [0.2, 0.25) is 5.02 Å². The molecule has 6 nitrogen and oxygen atoms in total. The Hall–Kier alpha value is -3.51. The van der Waals surface area contributed by atoms with Crippen LogP contribution >= 0.6 is 11.6 Å². The van der Waals surface area contributed by atoms with E-state index in [1.54, 1.807) is 48.7 Å². The van der Waals surface area contributed by atoms with Crippen LogP contribution in [0.15, 0.2) is 72.9 Å². The molecule has 0 aliphatic carbocycles. The van der Waals surface area contributed by atoms with Crippen molar-refractivity contribution in [3.8, 4) is 0 Å². The van der Waals surface area contributed by atoms with Gasteiger partial charge in [-0.1, -0.05) is 29.8 Å². The average Bonchev–Trinajstić information content (AvgIpc) is 3.10. The minimum Gasteiger partial charge on any atom is -0.343 e. The first-order valence-electron chi connectivity index (χ1n) is 9.04. The summed E-state index contributed by atoms with van der Waals surface area (Å²) in [5.41, 5.74) is 2.48. The minimum absolute atomic E-state index is 0.0675. The van der Waals surface area contributed by atoms with E-state index in [1.807, 2.05) is 28.8 Å². The number of fused-ring (bicyclic) bond motifs is 1. The Bertz CT molecular complexity index is 1170. The Balaban J connectivity index is 1.59. The zero-order chi connectivity index (χ0) is 20.2. The minimum atomic E-state index is -0.298. The maximum Gasteiger partial charge on any atom is 0.270 e. The summed E-state index contributed by atoms with van der Waals surface area (Å²) in [4.78, 5) is 33.8. The topological polar surface area (TPSA) is 76.9 Å². The van der Waals surface area contributed by atoms with Crippen LogP contribution in [0.3, 0.4) is 0 Å². The molecule has 0 aliphatic heterocycles. The fourth-order valence-corrected chi connectivity index (χ4v) is 3.18. The summed E-state index contributed by atoms with van der Waals surface area (Å²) in [5.74, 6) is 0.230. The first kappa shape index (κ1) is 18.8. The molecular formula is C22H17ClN4O2. The largest absolute Gasteiger partial charge is 0.343 e. The van der Waals surface area contributed by atoms with E-state index < -0.39 is 0 Å². The molecule has 0 bridgehead atoms. The second kappa shape index (κ2) is 8.24. The van der Waals surface area contributed by atoms with Gasteiger partial charge in [0, 0.05) is 16.8 Å². The van der Waals surface area contributed by atoms with Crippen LogP contribution in [-0.2, 0) is 13.1 Å². The second-order valence-corrected chi connectivity index (χ2v) is 6.87. The highest BCUT2D eigenvalue weighted by Gasteiger charge is 2.16. The van der Waals surface area contributed by atoms with E-state index in [-0.39, 0.29) is 24.8 Å². The molecule has 2 aromatic carbocycles. The van der Waals surface area contributed by atoms with Crippen molar-refractivity contribution >= 4 is 34.3 Å². The molecule has 1 amide bonds. The zero-order valence-electron chi connectivity index (χ0n) is 15.4. The number of pyridine rings is 1. The van der Waals surface area contributed by atoms with Crippen LogP contribution in [0, 0.1) is 0 Å². The van der Waals surface area contributed by atoms with Crippen molar-refractivity contribution in [3.63, 3.8) is 0 Å². The highest BCUT2D eigenvalue weighted by atomic mass is 35.5. The van der Waals surface area contributed by atoms with Gasteiger partial charge < -0.3 is 9.88 Å². The number of hydrogen-bond donors (Lipinski definition) is 1. The standard InChI is InChI=1S/C22H17ClN4O2/c23-16-10-8-15(9-11-16)20(28)14-27-19-7-2-1-5-17(19)26-21(27)13-25-22(29)18-6-3-4-12-24-18/h1-12H,13-14H2,(H,25,29). The van der Waals surface area contributed by atoms with Gasteiger partial charge in [-0.3, -0.25) is 14.6 Å². The predicted octanol–water partition coefficient (Wildman–Crippen LogP) is 3.90. The van der Waals surface area contributed by atoms with Crippen molar-refractivity contribution in [2.75, 3.05) is 0 Å². The van der Waals surface area contributed by atoms with Gasteiger partial charge in [-0.2, -0.15) is 0 Å². The lowest BCUT2D eigenvalue weighted by Crippen LogP contribution is -2.26. The van der Waals surface area contributed by atoms with Crippen LogP contribution in [0.25, 0.3) is 11.0 Å². The highest BCUT2D eigenvalue weighted by Crippen LogP contribution is 2.18. The van der Waals surface area contributed by atoms with Crippen LogP contribution in [0.4, 0.5) is 0 Å². The van der Waals surface area contributed by atoms with Gasteiger partial charge in [0.2, 0.25) is 0 Å². The van der Waals surface area contributed by atoms with Gasteiger partial charge in [0.15, 0.2) is 5.78 Å². The summed E-state index contributed by atoms with van der Waals surface area (Å²) < 4.78 is 1.82. The number of halogens is 1. The fraction of sp³-hybridized carbons (Fsp3) is 0.0909. The van der Waals surface area contributed by atoms with E-state index in [4.69, 9.17) is 11.6 Å². The lowest BCUT2D eigenvalue weighted by Gasteiger charge is -2.10. The van der Waals surface area contributed by atoms with E-state index in [0.717, 1.165) is 11.0 Å². The zero-order valence-corrected chi connectivity index (χ0v) is 16.1. The first-order valence-corrected chi connectivity index (χ1v) is 9.42. The van der Waals surface area contributed by atoms with E-state index in [9.17, 15) is 9.59 Å². The molecule has 2 heterocycles. The molecule has 144 valence electrons. The molecule has 0 saturated carbocycles. The number of nitrogens with zero attached hydrogens (tertiary/aromatic N) is 3. The fourth-order valence-electron chi connectivity index (χ4n) is 3.05. The molecule has 0 spiro atoms. The maximum absolute atomic E-state index is 12.8. The third-order valence-electron chi connectivity index (χ3n) is 4.51. The first-order chi connectivity index (χ1) is 14.1.